The zero-order valence-corrected chi connectivity index (χ0v) is 14.3. The lowest BCUT2D eigenvalue weighted by atomic mass is 10.0. The van der Waals surface area contributed by atoms with Gasteiger partial charge in [0.25, 0.3) is 5.91 Å². The minimum atomic E-state index is -0.174. The highest BCUT2D eigenvalue weighted by Gasteiger charge is 2.31. The van der Waals surface area contributed by atoms with Gasteiger partial charge in [-0.15, -0.1) is 0 Å². The van der Waals surface area contributed by atoms with Crippen molar-refractivity contribution in [3.63, 3.8) is 0 Å². The maximum atomic E-state index is 12.8. The lowest BCUT2D eigenvalue weighted by Gasteiger charge is -2.37. The summed E-state index contributed by atoms with van der Waals surface area (Å²) in [6.07, 6.45) is 1.98. The number of rotatable bonds is 6. The molecular formula is C20H24N2O2. The average Bonchev–Trinajstić information content (AvgIpc) is 2.62. The summed E-state index contributed by atoms with van der Waals surface area (Å²) in [7, 11) is 0. The Morgan fingerprint density at radius 2 is 1.96 bits per heavy atom. The first-order valence-corrected chi connectivity index (χ1v) is 8.64. The molecule has 0 saturated carbocycles. The Bertz CT molecular complexity index is 714. The molecule has 2 aromatic carbocycles. The Morgan fingerprint density at radius 1 is 1.12 bits per heavy atom. The van der Waals surface area contributed by atoms with Gasteiger partial charge in [-0.25, -0.2) is 0 Å². The third kappa shape index (κ3) is 3.23. The maximum absolute atomic E-state index is 12.8. The SMILES string of the molecule is CCCCOc1cccc(C2Nc3ccccc3C(=O)N2CC)c1. The summed E-state index contributed by atoms with van der Waals surface area (Å²) in [6, 6.07) is 15.7. The number of nitrogens with one attached hydrogen (secondary N) is 1. The summed E-state index contributed by atoms with van der Waals surface area (Å²) < 4.78 is 5.81. The minimum Gasteiger partial charge on any atom is -0.494 e. The van der Waals surface area contributed by atoms with Crippen LogP contribution in [0.3, 0.4) is 0 Å². The van der Waals surface area contributed by atoms with Crippen LogP contribution in [0.1, 0.15) is 48.8 Å². The van der Waals surface area contributed by atoms with E-state index >= 15 is 0 Å². The van der Waals surface area contributed by atoms with Crippen molar-refractivity contribution >= 4 is 11.6 Å². The van der Waals surface area contributed by atoms with Crippen LogP contribution in [-0.4, -0.2) is 24.0 Å². The number of fused-ring (bicyclic) bond motifs is 1. The molecule has 4 nitrogen and oxygen atoms in total. The van der Waals surface area contributed by atoms with Gasteiger partial charge < -0.3 is 15.0 Å². The molecule has 0 saturated heterocycles. The fourth-order valence-electron chi connectivity index (χ4n) is 2.99. The van der Waals surface area contributed by atoms with Gasteiger partial charge in [-0.05, 0) is 43.2 Å². The molecule has 0 bridgehead atoms. The molecule has 3 rings (SSSR count). The Balaban J connectivity index is 1.88. The van der Waals surface area contributed by atoms with E-state index in [-0.39, 0.29) is 12.1 Å². The van der Waals surface area contributed by atoms with E-state index in [4.69, 9.17) is 4.74 Å². The van der Waals surface area contributed by atoms with Gasteiger partial charge in [-0.2, -0.15) is 0 Å². The summed E-state index contributed by atoms with van der Waals surface area (Å²) >= 11 is 0. The number of amides is 1. The molecule has 0 radical (unpaired) electrons. The lowest BCUT2D eigenvalue weighted by molar-refractivity contribution is 0.0694. The van der Waals surface area contributed by atoms with Gasteiger partial charge in [0.15, 0.2) is 0 Å². The topological polar surface area (TPSA) is 41.6 Å². The third-order valence-corrected chi connectivity index (χ3v) is 4.30. The quantitative estimate of drug-likeness (QED) is 0.798. The van der Waals surface area contributed by atoms with Gasteiger partial charge in [0.05, 0.1) is 12.2 Å². The second-order valence-corrected chi connectivity index (χ2v) is 5.96. The molecule has 24 heavy (non-hydrogen) atoms. The smallest absolute Gasteiger partial charge is 0.257 e. The normalized spacial score (nSPS) is 16.5. The van der Waals surface area contributed by atoms with Crippen LogP contribution in [0.2, 0.25) is 0 Å². The summed E-state index contributed by atoms with van der Waals surface area (Å²) in [4.78, 5) is 14.6. The van der Waals surface area contributed by atoms with Crippen molar-refractivity contribution < 1.29 is 9.53 Å². The van der Waals surface area contributed by atoms with E-state index in [1.54, 1.807) is 0 Å². The average molecular weight is 324 g/mol. The number of hydrogen-bond acceptors (Lipinski definition) is 3. The molecule has 0 spiro atoms. The number of hydrogen-bond donors (Lipinski definition) is 1. The van der Waals surface area contributed by atoms with Gasteiger partial charge in [0, 0.05) is 12.2 Å². The van der Waals surface area contributed by atoms with Crippen molar-refractivity contribution in [2.45, 2.75) is 32.9 Å². The number of nitrogens with zero attached hydrogens (tertiary/aromatic N) is 1. The Kier molecular flexibility index (Phi) is 5.04. The summed E-state index contributed by atoms with van der Waals surface area (Å²) in [5, 5.41) is 3.49. The Morgan fingerprint density at radius 3 is 2.75 bits per heavy atom. The van der Waals surface area contributed by atoms with Crippen molar-refractivity contribution in [3.8, 4) is 5.75 Å². The first kappa shape index (κ1) is 16.4. The zero-order valence-electron chi connectivity index (χ0n) is 14.3. The molecule has 2 aromatic rings. The number of anilines is 1. The summed E-state index contributed by atoms with van der Waals surface area (Å²) in [5.74, 6) is 0.916. The van der Waals surface area contributed by atoms with Gasteiger partial charge in [-0.3, -0.25) is 4.79 Å². The Labute approximate surface area is 143 Å². The fraction of sp³-hybridized carbons (Fsp3) is 0.350. The van der Waals surface area contributed by atoms with Crippen LogP contribution < -0.4 is 10.1 Å². The lowest BCUT2D eigenvalue weighted by Crippen LogP contribution is -2.42. The molecule has 4 heteroatoms. The number of carbonyl (C=O) groups excluding carboxylic acids is 1. The van der Waals surface area contributed by atoms with E-state index in [0.29, 0.717) is 6.54 Å². The summed E-state index contributed by atoms with van der Waals surface area (Å²) in [5.41, 5.74) is 2.65. The largest absolute Gasteiger partial charge is 0.494 e. The maximum Gasteiger partial charge on any atom is 0.257 e. The molecule has 1 unspecified atom stereocenters. The van der Waals surface area contributed by atoms with E-state index < -0.39 is 0 Å². The van der Waals surface area contributed by atoms with Crippen molar-refractivity contribution in [2.24, 2.45) is 0 Å². The highest BCUT2D eigenvalue weighted by Crippen LogP contribution is 2.33. The number of unbranched alkanes of at least 4 members (excludes halogenated alkanes) is 1. The molecule has 0 aliphatic carbocycles. The molecule has 126 valence electrons. The van der Waals surface area contributed by atoms with E-state index in [9.17, 15) is 4.79 Å². The molecule has 1 atom stereocenters. The molecule has 1 N–H and O–H groups in total. The van der Waals surface area contributed by atoms with E-state index in [0.717, 1.165) is 42.0 Å². The molecule has 1 aliphatic heterocycles. The Hall–Kier alpha value is -2.49. The van der Waals surface area contributed by atoms with Crippen LogP contribution in [0.5, 0.6) is 5.75 Å². The van der Waals surface area contributed by atoms with Crippen LogP contribution in [-0.2, 0) is 0 Å². The van der Waals surface area contributed by atoms with Crippen molar-refractivity contribution in [1.82, 2.24) is 4.90 Å². The second kappa shape index (κ2) is 7.39. The molecule has 0 fully saturated rings. The summed E-state index contributed by atoms with van der Waals surface area (Å²) in [6.45, 7) is 5.51. The fourth-order valence-corrected chi connectivity index (χ4v) is 2.99. The number of carbonyl (C=O) groups is 1. The molecule has 1 amide bonds. The number of para-hydroxylation sites is 1. The second-order valence-electron chi connectivity index (χ2n) is 5.96. The van der Waals surface area contributed by atoms with Crippen LogP contribution >= 0.6 is 0 Å². The van der Waals surface area contributed by atoms with Crippen LogP contribution in [0.15, 0.2) is 48.5 Å². The van der Waals surface area contributed by atoms with Crippen LogP contribution in [0, 0.1) is 0 Å². The highest BCUT2D eigenvalue weighted by molar-refractivity contribution is 6.01. The van der Waals surface area contributed by atoms with E-state index in [2.05, 4.69) is 12.2 Å². The van der Waals surface area contributed by atoms with E-state index in [1.807, 2.05) is 60.4 Å². The highest BCUT2D eigenvalue weighted by atomic mass is 16.5. The molecular weight excluding hydrogens is 300 g/mol. The van der Waals surface area contributed by atoms with Crippen molar-refractivity contribution in [3.05, 3.63) is 59.7 Å². The number of benzene rings is 2. The van der Waals surface area contributed by atoms with E-state index in [1.165, 1.54) is 0 Å². The van der Waals surface area contributed by atoms with Gasteiger partial charge in [-0.1, -0.05) is 37.6 Å². The van der Waals surface area contributed by atoms with Crippen LogP contribution in [0.4, 0.5) is 5.69 Å². The van der Waals surface area contributed by atoms with Crippen molar-refractivity contribution in [1.29, 1.82) is 0 Å². The zero-order chi connectivity index (χ0) is 16.9. The first-order valence-electron chi connectivity index (χ1n) is 8.64. The predicted molar refractivity (Wildman–Crippen MR) is 96.4 cm³/mol. The standard InChI is InChI=1S/C20H24N2O2/c1-3-5-13-24-16-10-8-9-15(14-16)19-21-18-12-7-6-11-17(18)20(23)22(19)4-2/h6-12,14,19,21H,3-5,13H2,1-2H3. The molecule has 1 aliphatic rings. The first-order chi connectivity index (χ1) is 11.7. The number of ether oxygens (including phenoxy) is 1. The van der Waals surface area contributed by atoms with Gasteiger partial charge in [0.2, 0.25) is 0 Å². The van der Waals surface area contributed by atoms with Crippen molar-refractivity contribution in [2.75, 3.05) is 18.5 Å². The minimum absolute atomic E-state index is 0.0640. The molecule has 1 heterocycles. The van der Waals surface area contributed by atoms with Crippen LogP contribution in [0.25, 0.3) is 0 Å². The van der Waals surface area contributed by atoms with Gasteiger partial charge in [0.1, 0.15) is 11.9 Å². The van der Waals surface area contributed by atoms with Gasteiger partial charge >= 0.3 is 0 Å². The predicted octanol–water partition coefficient (Wildman–Crippen LogP) is 4.45. The molecule has 0 aromatic heterocycles. The third-order valence-electron chi connectivity index (χ3n) is 4.30. The monoisotopic (exact) mass is 324 g/mol.